The highest BCUT2D eigenvalue weighted by Crippen LogP contribution is 2.31. The smallest absolute Gasteiger partial charge is 0.312 e. The van der Waals surface area contributed by atoms with Crippen LogP contribution in [-0.2, 0) is 31.1 Å². The SMILES string of the molecule is CC(C)(C)c1nn(Cc2ccc(C(F)(F)F)cc2)c2c1CNCC2. The van der Waals surface area contributed by atoms with Crippen molar-refractivity contribution in [2.45, 2.75) is 51.9 Å². The van der Waals surface area contributed by atoms with E-state index in [-0.39, 0.29) is 5.41 Å². The molecule has 3 rings (SSSR count). The fourth-order valence-corrected chi connectivity index (χ4v) is 3.13. The lowest BCUT2D eigenvalue weighted by Gasteiger charge is -2.20. The molecule has 1 N–H and O–H groups in total. The van der Waals surface area contributed by atoms with Crippen LogP contribution in [0.1, 0.15) is 48.8 Å². The van der Waals surface area contributed by atoms with Gasteiger partial charge in [-0.1, -0.05) is 32.9 Å². The zero-order valence-corrected chi connectivity index (χ0v) is 14.2. The second-order valence-electron chi connectivity index (χ2n) is 7.30. The molecule has 0 radical (unpaired) electrons. The number of hydrogen-bond donors (Lipinski definition) is 1. The van der Waals surface area contributed by atoms with Crippen molar-refractivity contribution in [3.8, 4) is 0 Å². The van der Waals surface area contributed by atoms with Gasteiger partial charge in [0.2, 0.25) is 0 Å². The highest BCUT2D eigenvalue weighted by Gasteiger charge is 2.30. The molecule has 0 bridgehead atoms. The molecule has 0 spiro atoms. The Morgan fingerprint density at radius 1 is 1.12 bits per heavy atom. The summed E-state index contributed by atoms with van der Waals surface area (Å²) in [7, 11) is 0. The molecule has 1 aliphatic rings. The van der Waals surface area contributed by atoms with Crippen molar-refractivity contribution >= 4 is 0 Å². The van der Waals surface area contributed by atoms with E-state index in [1.165, 1.54) is 23.4 Å². The van der Waals surface area contributed by atoms with E-state index in [4.69, 9.17) is 5.10 Å². The second-order valence-corrected chi connectivity index (χ2v) is 7.30. The summed E-state index contributed by atoms with van der Waals surface area (Å²) in [5, 5.41) is 8.16. The molecule has 0 saturated carbocycles. The number of benzene rings is 1. The third-order valence-electron chi connectivity index (χ3n) is 4.33. The van der Waals surface area contributed by atoms with Gasteiger partial charge in [-0.3, -0.25) is 4.68 Å². The first-order valence-corrected chi connectivity index (χ1v) is 8.12. The molecule has 24 heavy (non-hydrogen) atoms. The maximum absolute atomic E-state index is 12.7. The molecule has 1 aromatic carbocycles. The summed E-state index contributed by atoms with van der Waals surface area (Å²) in [6.45, 7) is 8.59. The van der Waals surface area contributed by atoms with Gasteiger partial charge in [0.1, 0.15) is 0 Å². The first kappa shape index (κ1) is 17.0. The Bertz CT molecular complexity index is 722. The number of halogens is 3. The second kappa shape index (κ2) is 5.92. The number of rotatable bonds is 2. The fourth-order valence-electron chi connectivity index (χ4n) is 3.13. The molecule has 0 unspecified atom stereocenters. The number of nitrogens with zero attached hydrogens (tertiary/aromatic N) is 2. The molecule has 0 fully saturated rings. The van der Waals surface area contributed by atoms with E-state index in [1.807, 2.05) is 4.68 Å². The Hall–Kier alpha value is -1.82. The van der Waals surface area contributed by atoms with E-state index >= 15 is 0 Å². The first-order valence-electron chi connectivity index (χ1n) is 8.12. The van der Waals surface area contributed by atoms with Crippen molar-refractivity contribution in [1.82, 2.24) is 15.1 Å². The van der Waals surface area contributed by atoms with E-state index in [0.717, 1.165) is 42.9 Å². The van der Waals surface area contributed by atoms with Crippen molar-refractivity contribution in [3.63, 3.8) is 0 Å². The largest absolute Gasteiger partial charge is 0.416 e. The van der Waals surface area contributed by atoms with Crippen molar-refractivity contribution in [1.29, 1.82) is 0 Å². The van der Waals surface area contributed by atoms with Gasteiger partial charge in [-0.2, -0.15) is 18.3 Å². The summed E-state index contributed by atoms with van der Waals surface area (Å²) < 4.78 is 40.0. The van der Waals surface area contributed by atoms with Crippen molar-refractivity contribution < 1.29 is 13.2 Å². The third kappa shape index (κ3) is 3.34. The molecule has 6 heteroatoms. The van der Waals surface area contributed by atoms with Gasteiger partial charge in [-0.25, -0.2) is 0 Å². The summed E-state index contributed by atoms with van der Waals surface area (Å²) in [6, 6.07) is 5.35. The van der Waals surface area contributed by atoms with Crippen LogP contribution in [0, 0.1) is 0 Å². The Morgan fingerprint density at radius 3 is 2.38 bits per heavy atom. The standard InChI is InChI=1S/C18H22F3N3/c1-17(2,3)16-14-10-22-9-8-15(14)24(23-16)11-12-4-6-13(7-5-12)18(19,20)21/h4-7,22H,8-11H2,1-3H3. The third-order valence-corrected chi connectivity index (χ3v) is 4.33. The lowest BCUT2D eigenvalue weighted by molar-refractivity contribution is -0.137. The summed E-state index contributed by atoms with van der Waals surface area (Å²) in [5.41, 5.74) is 3.64. The number of hydrogen-bond acceptors (Lipinski definition) is 2. The summed E-state index contributed by atoms with van der Waals surface area (Å²) >= 11 is 0. The lowest BCUT2D eigenvalue weighted by Crippen LogP contribution is -2.26. The topological polar surface area (TPSA) is 29.9 Å². The van der Waals surface area contributed by atoms with Crippen LogP contribution in [0.2, 0.25) is 0 Å². The number of nitrogens with one attached hydrogen (secondary N) is 1. The highest BCUT2D eigenvalue weighted by atomic mass is 19.4. The van der Waals surface area contributed by atoms with Crippen LogP contribution < -0.4 is 5.32 Å². The van der Waals surface area contributed by atoms with Crippen molar-refractivity contribution in [2.24, 2.45) is 0 Å². The molecule has 0 atom stereocenters. The minimum atomic E-state index is -4.30. The van der Waals surface area contributed by atoms with Crippen LogP contribution in [0.3, 0.4) is 0 Å². The monoisotopic (exact) mass is 337 g/mol. The predicted octanol–water partition coefficient (Wildman–Crippen LogP) is 3.89. The van der Waals surface area contributed by atoms with Crippen LogP contribution in [-0.4, -0.2) is 16.3 Å². The van der Waals surface area contributed by atoms with Gasteiger partial charge in [0.25, 0.3) is 0 Å². The minimum absolute atomic E-state index is 0.0610. The molecule has 3 nitrogen and oxygen atoms in total. The minimum Gasteiger partial charge on any atom is -0.312 e. The number of alkyl halides is 3. The van der Waals surface area contributed by atoms with Gasteiger partial charge in [-0.15, -0.1) is 0 Å². The van der Waals surface area contributed by atoms with Crippen molar-refractivity contribution in [2.75, 3.05) is 6.54 Å². The van der Waals surface area contributed by atoms with E-state index < -0.39 is 11.7 Å². The molecular formula is C18H22F3N3. The summed E-state index contributed by atoms with van der Waals surface area (Å²) in [5.74, 6) is 0. The predicted molar refractivity (Wildman–Crippen MR) is 86.9 cm³/mol. The lowest BCUT2D eigenvalue weighted by atomic mass is 9.88. The Labute approximate surface area is 139 Å². The molecule has 0 saturated heterocycles. The van der Waals surface area contributed by atoms with Crippen LogP contribution in [0.5, 0.6) is 0 Å². The van der Waals surface area contributed by atoms with E-state index in [0.29, 0.717) is 6.54 Å². The normalized spacial score (nSPS) is 15.4. The zero-order chi connectivity index (χ0) is 17.5. The van der Waals surface area contributed by atoms with Crippen LogP contribution in [0.4, 0.5) is 13.2 Å². The van der Waals surface area contributed by atoms with E-state index in [1.54, 1.807) is 0 Å². The van der Waals surface area contributed by atoms with Gasteiger partial charge in [0.05, 0.1) is 17.8 Å². The number of aromatic nitrogens is 2. The molecule has 2 aromatic rings. The van der Waals surface area contributed by atoms with Crippen LogP contribution in [0.25, 0.3) is 0 Å². The number of fused-ring (bicyclic) bond motifs is 1. The Morgan fingerprint density at radius 2 is 1.79 bits per heavy atom. The molecule has 0 aliphatic carbocycles. The summed E-state index contributed by atoms with van der Waals surface area (Å²) in [6.07, 6.45) is -3.41. The van der Waals surface area contributed by atoms with Gasteiger partial charge >= 0.3 is 6.18 Å². The molecular weight excluding hydrogens is 315 g/mol. The quantitative estimate of drug-likeness (QED) is 0.901. The average molecular weight is 337 g/mol. The highest BCUT2D eigenvalue weighted by molar-refractivity contribution is 5.34. The zero-order valence-electron chi connectivity index (χ0n) is 14.2. The van der Waals surface area contributed by atoms with Gasteiger partial charge < -0.3 is 5.32 Å². The first-order chi connectivity index (χ1) is 11.2. The van der Waals surface area contributed by atoms with E-state index in [9.17, 15) is 13.2 Å². The Balaban J connectivity index is 1.92. The van der Waals surface area contributed by atoms with Crippen LogP contribution >= 0.6 is 0 Å². The molecule has 1 aromatic heterocycles. The Kier molecular flexibility index (Phi) is 4.20. The summed E-state index contributed by atoms with van der Waals surface area (Å²) in [4.78, 5) is 0. The fraction of sp³-hybridized carbons (Fsp3) is 0.500. The average Bonchev–Trinajstić information content (AvgIpc) is 2.86. The van der Waals surface area contributed by atoms with Gasteiger partial charge in [0.15, 0.2) is 0 Å². The van der Waals surface area contributed by atoms with Gasteiger partial charge in [-0.05, 0) is 17.7 Å². The van der Waals surface area contributed by atoms with E-state index in [2.05, 4.69) is 26.1 Å². The van der Waals surface area contributed by atoms with Crippen molar-refractivity contribution in [3.05, 3.63) is 52.3 Å². The maximum Gasteiger partial charge on any atom is 0.416 e. The van der Waals surface area contributed by atoms with Crippen LogP contribution in [0.15, 0.2) is 24.3 Å². The maximum atomic E-state index is 12.7. The van der Waals surface area contributed by atoms with Gasteiger partial charge in [0, 0.05) is 36.2 Å². The molecule has 1 aliphatic heterocycles. The molecule has 0 amide bonds. The molecule has 130 valence electrons. The molecule has 2 heterocycles.